The van der Waals surface area contributed by atoms with Crippen LogP contribution in [-0.4, -0.2) is 99.1 Å². The fourth-order valence-corrected chi connectivity index (χ4v) is 5.05. The summed E-state index contributed by atoms with van der Waals surface area (Å²) in [6.07, 6.45) is 6.53. The van der Waals surface area contributed by atoms with Crippen LogP contribution >= 0.6 is 0 Å². The zero-order chi connectivity index (χ0) is 23.9. The van der Waals surface area contributed by atoms with Gasteiger partial charge in [0.1, 0.15) is 5.71 Å². The first-order valence-electron chi connectivity index (χ1n) is 12.0. The van der Waals surface area contributed by atoms with Gasteiger partial charge in [0.25, 0.3) is 0 Å². The molecule has 2 aliphatic heterocycles. The summed E-state index contributed by atoms with van der Waals surface area (Å²) in [6.45, 7) is 10.3. The molecule has 6 nitrogen and oxygen atoms in total. The highest BCUT2D eigenvalue weighted by molar-refractivity contribution is 6.59. The Bertz CT molecular complexity index is 947. The number of rotatable bonds is 10. The number of allylic oxidation sites excluding steroid dienone is 2. The van der Waals surface area contributed by atoms with Gasteiger partial charge >= 0.3 is 6.82 Å². The number of aryl methyl sites for hydroxylation is 2. The second-order valence-corrected chi connectivity index (χ2v) is 11.7. The number of hydrogen-bond acceptors (Lipinski definition) is 2. The molecule has 0 atom stereocenters. The number of quaternary nitrogens is 2. The predicted molar refractivity (Wildman–Crippen MR) is 135 cm³/mol. The smallest absolute Gasteiger partial charge is 0.666 e. The summed E-state index contributed by atoms with van der Waals surface area (Å²) in [5, 5.41) is 0. The van der Waals surface area contributed by atoms with Crippen LogP contribution in [0.3, 0.4) is 0 Å². The fourth-order valence-electron chi connectivity index (χ4n) is 5.05. The molecule has 9 heteroatoms. The topological polar surface area (TPSA) is 26.4 Å². The number of nitrogens with zero attached hydrogens (tertiary/aromatic N) is 4. The van der Waals surface area contributed by atoms with E-state index in [0.29, 0.717) is 13.2 Å². The molecule has 0 saturated heterocycles. The molecule has 0 bridgehead atoms. The van der Waals surface area contributed by atoms with Gasteiger partial charge in [0.05, 0.1) is 55.4 Å². The second kappa shape index (κ2) is 11.9. The monoisotopic (exact) mass is 698 g/mol. The first-order valence-corrected chi connectivity index (χ1v) is 12.0. The average Bonchev–Trinajstić information content (AvgIpc) is 3.10. The summed E-state index contributed by atoms with van der Waals surface area (Å²) < 4.78 is 20.3. The van der Waals surface area contributed by atoms with Gasteiger partial charge in [-0.05, 0) is 38.1 Å². The molecular formula is C25H45BI2N4O2. The molecular weight excluding hydrogens is 653 g/mol. The molecule has 0 fully saturated rings. The molecule has 3 rings (SSSR count). The van der Waals surface area contributed by atoms with Crippen LogP contribution in [0.5, 0.6) is 0 Å². The van der Waals surface area contributed by atoms with Crippen molar-refractivity contribution >= 4 is 18.6 Å². The quantitative estimate of drug-likeness (QED) is 0.116. The van der Waals surface area contributed by atoms with E-state index in [2.05, 4.69) is 97.2 Å². The fraction of sp³-hybridized carbons (Fsp3) is 0.640. The summed E-state index contributed by atoms with van der Waals surface area (Å²) in [5.74, 6) is 0. The Morgan fingerprint density at radius 1 is 0.824 bits per heavy atom. The van der Waals surface area contributed by atoms with Crippen LogP contribution in [0, 0.1) is 13.8 Å². The maximum Gasteiger partial charge on any atom is 0.666 e. The molecule has 0 unspecified atom stereocenters. The van der Waals surface area contributed by atoms with Crippen molar-refractivity contribution < 1.29 is 70.7 Å². The third-order valence-corrected chi connectivity index (χ3v) is 6.48. The molecule has 0 radical (unpaired) electrons. The van der Waals surface area contributed by atoms with E-state index in [-0.39, 0.29) is 48.0 Å². The highest BCUT2D eigenvalue weighted by Crippen LogP contribution is 2.36. The molecule has 34 heavy (non-hydrogen) atoms. The van der Waals surface area contributed by atoms with Crippen LogP contribution in [0.2, 0.25) is 0 Å². The van der Waals surface area contributed by atoms with E-state index >= 15 is 0 Å². The maximum absolute atomic E-state index is 6.87. The summed E-state index contributed by atoms with van der Waals surface area (Å²) in [4.78, 5) is 0. The van der Waals surface area contributed by atoms with Gasteiger partial charge in [0.2, 0.25) is 0 Å². The van der Waals surface area contributed by atoms with E-state index in [4.69, 9.17) is 9.31 Å². The Morgan fingerprint density at radius 3 is 1.79 bits per heavy atom. The zero-order valence-corrected chi connectivity index (χ0v) is 27.2. The molecule has 1 aromatic heterocycles. The highest BCUT2D eigenvalue weighted by atomic mass is 127. The molecule has 0 saturated carbocycles. The minimum Gasteiger partial charge on any atom is -1.00 e. The molecule has 0 aromatic carbocycles. The van der Waals surface area contributed by atoms with Crippen LogP contribution in [0.1, 0.15) is 43.6 Å². The van der Waals surface area contributed by atoms with Crippen molar-refractivity contribution in [2.45, 2.75) is 40.5 Å². The number of fused-ring (bicyclic) bond motifs is 2. The van der Waals surface area contributed by atoms with Gasteiger partial charge in [-0.1, -0.05) is 0 Å². The van der Waals surface area contributed by atoms with Crippen molar-refractivity contribution in [3.05, 3.63) is 40.4 Å². The molecule has 194 valence electrons. The van der Waals surface area contributed by atoms with Gasteiger partial charge in [-0.2, -0.15) is 0 Å². The summed E-state index contributed by atoms with van der Waals surface area (Å²) in [6, 6.07) is 2.25. The van der Waals surface area contributed by atoms with Crippen molar-refractivity contribution in [1.82, 2.24) is 4.48 Å². The van der Waals surface area contributed by atoms with E-state index in [1.165, 1.54) is 33.9 Å². The standard InChI is InChI=1S/C25H45BN4O2.2HI/c1-20-17-22(3)27-24(20)19-25-21(2)18-23(4)28(25)26(27,31-15-11-13-29(5,6)7)32-16-12-14-30(8,9)10;;/h17-19H,11-16H2,1-10H3;2*1H/q+2;;/p-2. The van der Waals surface area contributed by atoms with Gasteiger partial charge in [-0.3, -0.25) is 0 Å². The molecule has 0 amide bonds. The lowest BCUT2D eigenvalue weighted by Gasteiger charge is -2.42. The maximum atomic E-state index is 6.87. The Labute approximate surface area is 241 Å². The third-order valence-electron chi connectivity index (χ3n) is 6.48. The van der Waals surface area contributed by atoms with E-state index in [0.717, 1.165) is 34.9 Å². The van der Waals surface area contributed by atoms with E-state index < -0.39 is 6.82 Å². The molecule has 1 aromatic rings. The number of hydrogen-bond donors (Lipinski definition) is 0. The Kier molecular flexibility index (Phi) is 11.1. The van der Waals surface area contributed by atoms with Gasteiger partial charge in [0.15, 0.2) is 5.70 Å². The van der Waals surface area contributed by atoms with Crippen LogP contribution in [-0.2, 0) is 9.31 Å². The molecule has 2 aliphatic rings. The van der Waals surface area contributed by atoms with E-state index in [9.17, 15) is 0 Å². The lowest BCUT2D eigenvalue weighted by Crippen LogP contribution is -3.00. The summed E-state index contributed by atoms with van der Waals surface area (Å²) in [7, 11) is 13.4. The average molecular weight is 698 g/mol. The summed E-state index contributed by atoms with van der Waals surface area (Å²) >= 11 is 0. The largest absolute Gasteiger partial charge is 1.00 e. The highest BCUT2D eigenvalue weighted by Gasteiger charge is 2.54. The minimum atomic E-state index is -1.89. The molecule has 3 heterocycles. The Balaban J connectivity index is 0.00000289. The number of aromatic nitrogens is 1. The number of halogens is 2. The minimum absolute atomic E-state index is 0. The molecule has 0 spiro atoms. The predicted octanol–water partition coefficient (Wildman–Crippen LogP) is -2.59. The first-order chi connectivity index (χ1) is 14.8. The van der Waals surface area contributed by atoms with E-state index in [1.807, 2.05) is 0 Å². The van der Waals surface area contributed by atoms with Crippen molar-refractivity contribution in [3.63, 3.8) is 0 Å². The third kappa shape index (κ3) is 6.97. The first kappa shape index (κ1) is 31.8. The summed E-state index contributed by atoms with van der Waals surface area (Å²) in [5.41, 5.74) is 7.31. The van der Waals surface area contributed by atoms with Gasteiger partial charge in [0, 0.05) is 56.4 Å². The van der Waals surface area contributed by atoms with Gasteiger partial charge in [-0.15, -0.1) is 0 Å². The van der Waals surface area contributed by atoms with Crippen molar-refractivity contribution in [2.75, 3.05) is 68.6 Å². The molecule has 0 aliphatic carbocycles. The van der Waals surface area contributed by atoms with Crippen LogP contribution in [0.25, 0.3) is 6.08 Å². The zero-order valence-electron chi connectivity index (χ0n) is 22.9. The van der Waals surface area contributed by atoms with Gasteiger partial charge in [-0.25, -0.2) is 0 Å². The van der Waals surface area contributed by atoms with Crippen LogP contribution in [0.4, 0.5) is 0 Å². The Hall–Kier alpha value is -0.205. The van der Waals surface area contributed by atoms with Crippen molar-refractivity contribution in [2.24, 2.45) is 0 Å². The van der Waals surface area contributed by atoms with Crippen molar-refractivity contribution in [3.8, 4) is 0 Å². The SMILES string of the molecule is CC1=CC(C)=[N+]2C1=Cc1c(C)cc(C)n1[B-]2(OCCC[N+](C)(C)C)OCCC[N+](C)(C)C.[I-].[I-]. The van der Waals surface area contributed by atoms with Crippen LogP contribution < -0.4 is 48.0 Å². The van der Waals surface area contributed by atoms with Crippen molar-refractivity contribution in [1.29, 1.82) is 0 Å². The Morgan fingerprint density at radius 2 is 1.32 bits per heavy atom. The lowest BCUT2D eigenvalue weighted by atomic mass is 9.81. The van der Waals surface area contributed by atoms with E-state index in [1.54, 1.807) is 0 Å². The lowest BCUT2D eigenvalue weighted by molar-refractivity contribution is -0.870. The normalized spacial score (nSPS) is 16.9. The second-order valence-electron chi connectivity index (χ2n) is 11.7. The van der Waals surface area contributed by atoms with Gasteiger partial charge < -0.3 is 75.2 Å². The van der Waals surface area contributed by atoms with Crippen LogP contribution in [0.15, 0.2) is 23.4 Å². The molecule has 0 N–H and O–H groups in total.